The van der Waals surface area contributed by atoms with Crippen LogP contribution in [0.1, 0.15) is 67.7 Å². The van der Waals surface area contributed by atoms with Crippen LogP contribution in [-0.2, 0) is 21.4 Å². The summed E-state index contributed by atoms with van der Waals surface area (Å²) in [5.74, 6) is 1.83. The number of nitrogens with one attached hydrogen (secondary N) is 1. The van der Waals surface area contributed by atoms with Crippen molar-refractivity contribution in [2.24, 2.45) is 22.6 Å². The highest BCUT2D eigenvalue weighted by atomic mass is 32.2. The van der Waals surface area contributed by atoms with Gasteiger partial charge in [0.25, 0.3) is 5.91 Å². The predicted molar refractivity (Wildman–Crippen MR) is 132 cm³/mol. The van der Waals surface area contributed by atoms with Gasteiger partial charge in [0.1, 0.15) is 11.4 Å². The molecule has 1 saturated carbocycles. The van der Waals surface area contributed by atoms with Crippen molar-refractivity contribution < 1.29 is 13.2 Å². The van der Waals surface area contributed by atoms with Crippen LogP contribution in [-0.4, -0.2) is 43.1 Å². The number of nitrogens with zero attached hydrogens (tertiary/aromatic N) is 2. The summed E-state index contributed by atoms with van der Waals surface area (Å²) < 4.78 is 27.5. The second kappa shape index (κ2) is 9.31. The number of hydrogen-bond acceptors (Lipinski definition) is 5. The number of sulfonamides is 1. The van der Waals surface area contributed by atoms with Gasteiger partial charge in [0.05, 0.1) is 0 Å². The third-order valence-corrected chi connectivity index (χ3v) is 9.17. The Morgan fingerprint density at radius 3 is 2.33 bits per heavy atom. The number of amidine groups is 1. The van der Waals surface area contributed by atoms with Crippen LogP contribution in [0.3, 0.4) is 0 Å². The van der Waals surface area contributed by atoms with Crippen LogP contribution in [0, 0.1) is 25.7 Å². The Balaban J connectivity index is 1.44. The second-order valence-electron chi connectivity index (χ2n) is 10.0. The Hall–Kier alpha value is -2.03. The number of nitrogens with two attached hydrogens (primary N) is 1. The Kier molecular flexibility index (Phi) is 6.80. The van der Waals surface area contributed by atoms with Crippen LogP contribution in [0.15, 0.2) is 22.5 Å². The number of rotatable bonds is 5. The molecular formula is C25H36N4O3S. The molecule has 1 saturated heterocycles. The first kappa shape index (κ1) is 24.1. The van der Waals surface area contributed by atoms with E-state index in [1.807, 2.05) is 26.0 Å². The maximum atomic E-state index is 13.0. The van der Waals surface area contributed by atoms with Crippen LogP contribution in [0.2, 0.25) is 0 Å². The van der Waals surface area contributed by atoms with Gasteiger partial charge in [-0.3, -0.25) is 9.79 Å². The number of carbonyl (C=O) groups is 1. The van der Waals surface area contributed by atoms with Crippen molar-refractivity contribution in [2.45, 2.75) is 71.4 Å². The van der Waals surface area contributed by atoms with Crippen molar-refractivity contribution in [3.63, 3.8) is 0 Å². The van der Waals surface area contributed by atoms with Gasteiger partial charge in [0.15, 0.2) is 0 Å². The molecule has 1 aliphatic carbocycles. The molecule has 1 aromatic rings. The molecule has 1 aromatic carbocycles. The molecule has 2 heterocycles. The summed E-state index contributed by atoms with van der Waals surface area (Å²) >= 11 is 0. The van der Waals surface area contributed by atoms with Crippen LogP contribution in [0.25, 0.3) is 6.08 Å². The first-order valence-corrected chi connectivity index (χ1v) is 13.5. The molecule has 7 nitrogen and oxygen atoms in total. The Labute approximate surface area is 197 Å². The standard InChI is InChI=1S/C25H36N4O3S/c1-17-4-6-21(7-5-17)23-27-24(30)25(28-23)9-11-29(12-10-25)33(31,32)13-8-22-18(2)14-20(16-26)15-19(22)3/h8,13-15,17,21H,4-7,9-12,16,26H2,1-3H3,(H,27,28,30)/b13-8+. The van der Waals surface area contributed by atoms with E-state index in [4.69, 9.17) is 10.7 Å². The average molecular weight is 473 g/mol. The van der Waals surface area contributed by atoms with Crippen LogP contribution in [0.4, 0.5) is 0 Å². The fraction of sp³-hybridized carbons (Fsp3) is 0.600. The van der Waals surface area contributed by atoms with Gasteiger partial charge in [-0.1, -0.05) is 31.9 Å². The third kappa shape index (κ3) is 4.93. The number of amides is 1. The summed E-state index contributed by atoms with van der Waals surface area (Å²) in [4.78, 5) is 17.7. The SMILES string of the molecule is Cc1cc(CN)cc(C)c1/C=C/S(=O)(=O)N1CCC2(CC1)N=C(C1CCC(C)CC1)NC2=O. The minimum absolute atomic E-state index is 0.0602. The lowest BCUT2D eigenvalue weighted by Gasteiger charge is -2.34. The molecule has 0 unspecified atom stereocenters. The molecule has 180 valence electrons. The number of carbonyl (C=O) groups excluding carboxylic acids is 1. The van der Waals surface area contributed by atoms with Gasteiger partial charge < -0.3 is 11.1 Å². The maximum absolute atomic E-state index is 13.0. The summed E-state index contributed by atoms with van der Waals surface area (Å²) in [5, 5.41) is 4.33. The van der Waals surface area contributed by atoms with E-state index in [2.05, 4.69) is 12.2 Å². The van der Waals surface area contributed by atoms with Crippen LogP contribution in [0.5, 0.6) is 0 Å². The number of piperidine rings is 1. The summed E-state index contributed by atoms with van der Waals surface area (Å²) in [5.41, 5.74) is 8.86. The molecule has 2 fully saturated rings. The molecule has 1 amide bonds. The van der Waals surface area contributed by atoms with E-state index < -0.39 is 15.6 Å². The molecule has 0 aromatic heterocycles. The number of aliphatic imine (C=N–C) groups is 1. The number of hydrogen-bond donors (Lipinski definition) is 2. The monoisotopic (exact) mass is 472 g/mol. The van der Waals surface area contributed by atoms with Crippen LogP contribution < -0.4 is 11.1 Å². The maximum Gasteiger partial charge on any atom is 0.253 e. The summed E-state index contributed by atoms with van der Waals surface area (Å²) in [6.45, 7) is 7.24. The van der Waals surface area contributed by atoms with Gasteiger partial charge in [-0.25, -0.2) is 8.42 Å². The van der Waals surface area contributed by atoms with E-state index in [1.165, 1.54) is 22.6 Å². The number of aryl methyl sites for hydroxylation is 2. The zero-order valence-electron chi connectivity index (χ0n) is 19.9. The van der Waals surface area contributed by atoms with E-state index in [0.29, 0.717) is 38.4 Å². The molecule has 2 aliphatic heterocycles. The van der Waals surface area contributed by atoms with Gasteiger partial charge in [-0.2, -0.15) is 4.31 Å². The predicted octanol–water partition coefficient (Wildman–Crippen LogP) is 3.25. The molecule has 4 rings (SSSR count). The van der Waals surface area contributed by atoms with E-state index in [9.17, 15) is 13.2 Å². The number of benzene rings is 1. The highest BCUT2D eigenvalue weighted by Crippen LogP contribution is 2.36. The molecule has 8 heteroatoms. The summed E-state index contributed by atoms with van der Waals surface area (Å²) in [6.07, 6.45) is 6.97. The molecule has 0 bridgehead atoms. The molecule has 3 aliphatic rings. The molecular weight excluding hydrogens is 436 g/mol. The van der Waals surface area contributed by atoms with Gasteiger partial charge >= 0.3 is 0 Å². The van der Waals surface area contributed by atoms with E-state index in [0.717, 1.165) is 46.8 Å². The second-order valence-corrected chi connectivity index (χ2v) is 11.9. The van der Waals surface area contributed by atoms with E-state index in [1.54, 1.807) is 6.08 Å². The summed E-state index contributed by atoms with van der Waals surface area (Å²) in [7, 11) is -3.59. The molecule has 0 atom stereocenters. The molecule has 0 radical (unpaired) electrons. The lowest BCUT2D eigenvalue weighted by atomic mass is 9.82. The Bertz CT molecular complexity index is 1050. The topological polar surface area (TPSA) is 105 Å². The average Bonchev–Trinajstić information content (AvgIpc) is 3.09. The highest BCUT2D eigenvalue weighted by Gasteiger charge is 2.48. The Morgan fingerprint density at radius 1 is 1.15 bits per heavy atom. The Morgan fingerprint density at radius 2 is 1.76 bits per heavy atom. The highest BCUT2D eigenvalue weighted by molar-refractivity contribution is 7.92. The van der Waals surface area contributed by atoms with Gasteiger partial charge in [0, 0.05) is 31.0 Å². The molecule has 3 N–H and O–H groups in total. The molecule has 33 heavy (non-hydrogen) atoms. The van der Waals surface area contributed by atoms with Crippen molar-refractivity contribution in [3.05, 3.63) is 39.8 Å². The zero-order valence-corrected chi connectivity index (χ0v) is 20.7. The van der Waals surface area contributed by atoms with Gasteiger partial charge in [-0.15, -0.1) is 0 Å². The molecule has 1 spiro atoms. The van der Waals surface area contributed by atoms with Gasteiger partial charge in [-0.05, 0) is 73.8 Å². The minimum atomic E-state index is -3.59. The fourth-order valence-corrected chi connectivity index (χ4v) is 6.58. The van der Waals surface area contributed by atoms with Crippen molar-refractivity contribution >= 4 is 27.8 Å². The first-order valence-electron chi connectivity index (χ1n) is 12.0. The van der Waals surface area contributed by atoms with Crippen molar-refractivity contribution in [1.29, 1.82) is 0 Å². The zero-order chi connectivity index (χ0) is 23.8. The lowest BCUT2D eigenvalue weighted by molar-refractivity contribution is -0.124. The first-order chi connectivity index (χ1) is 15.6. The lowest BCUT2D eigenvalue weighted by Crippen LogP contribution is -2.50. The van der Waals surface area contributed by atoms with E-state index in [-0.39, 0.29) is 5.91 Å². The normalized spacial score (nSPS) is 26.1. The minimum Gasteiger partial charge on any atom is -0.326 e. The summed E-state index contributed by atoms with van der Waals surface area (Å²) in [6, 6.07) is 3.98. The van der Waals surface area contributed by atoms with Crippen LogP contribution >= 0.6 is 0 Å². The van der Waals surface area contributed by atoms with Crippen molar-refractivity contribution in [3.8, 4) is 0 Å². The fourth-order valence-electron chi connectivity index (χ4n) is 5.40. The van der Waals surface area contributed by atoms with Crippen molar-refractivity contribution in [2.75, 3.05) is 13.1 Å². The van der Waals surface area contributed by atoms with Gasteiger partial charge in [0.2, 0.25) is 10.0 Å². The quantitative estimate of drug-likeness (QED) is 0.686. The smallest absolute Gasteiger partial charge is 0.253 e. The third-order valence-electron chi connectivity index (χ3n) is 7.61. The largest absolute Gasteiger partial charge is 0.326 e. The van der Waals surface area contributed by atoms with Crippen molar-refractivity contribution in [1.82, 2.24) is 9.62 Å². The van der Waals surface area contributed by atoms with E-state index >= 15 is 0 Å².